The molecule has 1 aromatic carbocycles. The highest BCUT2D eigenvalue weighted by Gasteiger charge is 1.94. The molecule has 0 aliphatic carbocycles. The molecular weight excluding hydrogens is 196 g/mol. The predicted octanol–water partition coefficient (Wildman–Crippen LogP) is -0.179. The fraction of sp³-hybridized carbons (Fsp3) is 0.182. The Balaban J connectivity index is 2.65. The van der Waals surface area contributed by atoms with Gasteiger partial charge < -0.3 is 19.7 Å². The third-order valence-corrected chi connectivity index (χ3v) is 1.63. The van der Waals surface area contributed by atoms with E-state index in [1.165, 1.54) is 0 Å². The highest BCUT2D eigenvalue weighted by molar-refractivity contribution is 5.66. The number of carboxylic acid groups (broad SMARTS) is 1. The first kappa shape index (κ1) is 11.3. The van der Waals surface area contributed by atoms with Gasteiger partial charge in [0.05, 0.1) is 12.6 Å². The van der Waals surface area contributed by atoms with Gasteiger partial charge in [0.1, 0.15) is 12.4 Å². The third-order valence-electron chi connectivity index (χ3n) is 1.63. The van der Waals surface area contributed by atoms with E-state index in [1.54, 1.807) is 30.4 Å². The van der Waals surface area contributed by atoms with Crippen molar-refractivity contribution in [3.05, 3.63) is 35.9 Å². The Morgan fingerprint density at radius 3 is 3.00 bits per heavy atom. The summed E-state index contributed by atoms with van der Waals surface area (Å²) in [5, 5.41) is 18.7. The van der Waals surface area contributed by atoms with E-state index < -0.39 is 12.6 Å². The minimum absolute atomic E-state index is 0.0376. The summed E-state index contributed by atoms with van der Waals surface area (Å²) in [7, 11) is 0. The van der Waals surface area contributed by atoms with Gasteiger partial charge in [-0.15, -0.1) is 0 Å². The number of ether oxygens (including phenoxy) is 1. The topological polar surface area (TPSA) is 69.6 Å². The minimum atomic E-state index is -1.26. The second-order valence-electron chi connectivity index (χ2n) is 2.82. The van der Waals surface area contributed by atoms with Gasteiger partial charge in [-0.3, -0.25) is 0 Å². The summed E-state index contributed by atoms with van der Waals surface area (Å²) in [5.41, 5.74) is 0.833. The maximum Gasteiger partial charge on any atom is 0.128 e. The van der Waals surface area contributed by atoms with Gasteiger partial charge in [0.15, 0.2) is 0 Å². The van der Waals surface area contributed by atoms with Crippen LogP contribution in [0.5, 0.6) is 5.75 Å². The molecule has 1 rings (SSSR count). The number of benzene rings is 1. The summed E-state index contributed by atoms with van der Waals surface area (Å²) >= 11 is 0. The van der Waals surface area contributed by atoms with Crippen LogP contribution in [0.25, 0.3) is 6.08 Å². The van der Waals surface area contributed by atoms with Gasteiger partial charge in [0.25, 0.3) is 0 Å². The largest absolute Gasteiger partial charge is 0.546 e. The number of rotatable bonds is 5. The summed E-state index contributed by atoms with van der Waals surface area (Å²) in [4.78, 5) is 10.1. The Labute approximate surface area is 87.4 Å². The maximum absolute atomic E-state index is 10.1. The van der Waals surface area contributed by atoms with Crippen LogP contribution in [0.1, 0.15) is 5.56 Å². The molecule has 0 spiro atoms. The van der Waals surface area contributed by atoms with Gasteiger partial charge in [-0.05, 0) is 17.7 Å². The van der Waals surface area contributed by atoms with Crippen LogP contribution in [0.2, 0.25) is 0 Å². The molecule has 0 aromatic heterocycles. The molecule has 1 N–H and O–H groups in total. The van der Waals surface area contributed by atoms with Crippen molar-refractivity contribution in [2.24, 2.45) is 0 Å². The van der Waals surface area contributed by atoms with Crippen LogP contribution in [0.3, 0.4) is 0 Å². The van der Waals surface area contributed by atoms with Gasteiger partial charge in [0, 0.05) is 0 Å². The molecule has 15 heavy (non-hydrogen) atoms. The summed E-state index contributed by atoms with van der Waals surface area (Å²) in [5.74, 6) is -0.800. The monoisotopic (exact) mass is 207 g/mol. The van der Waals surface area contributed by atoms with Crippen LogP contribution < -0.4 is 9.84 Å². The van der Waals surface area contributed by atoms with E-state index in [1.807, 2.05) is 6.07 Å². The minimum Gasteiger partial charge on any atom is -0.546 e. The Morgan fingerprint density at radius 2 is 2.33 bits per heavy atom. The van der Waals surface area contributed by atoms with E-state index >= 15 is 0 Å². The van der Waals surface area contributed by atoms with Crippen molar-refractivity contribution in [1.29, 1.82) is 0 Å². The van der Waals surface area contributed by atoms with Crippen molar-refractivity contribution < 1.29 is 19.7 Å². The number of hydrogen-bond donors (Lipinski definition) is 1. The molecule has 0 heterocycles. The standard InChI is InChI=1S/C11H12O4/c12-6-2-4-9-3-1-5-10(7-9)15-8-11(13)14/h1-5,7,12H,6,8H2,(H,13,14)/p-1/b4-2+. The van der Waals surface area contributed by atoms with Crippen molar-refractivity contribution in [2.45, 2.75) is 0 Å². The third kappa shape index (κ3) is 4.28. The quantitative estimate of drug-likeness (QED) is 0.727. The van der Waals surface area contributed by atoms with E-state index in [-0.39, 0.29) is 6.61 Å². The van der Waals surface area contributed by atoms with Crippen LogP contribution in [0.4, 0.5) is 0 Å². The normalized spacial score (nSPS) is 10.5. The number of aliphatic hydroxyl groups excluding tert-OH is 1. The van der Waals surface area contributed by atoms with Crippen molar-refractivity contribution in [3.8, 4) is 5.75 Å². The van der Waals surface area contributed by atoms with Crippen molar-refractivity contribution in [3.63, 3.8) is 0 Å². The Hall–Kier alpha value is -1.81. The average molecular weight is 207 g/mol. The number of carbonyl (C=O) groups is 1. The van der Waals surface area contributed by atoms with Crippen molar-refractivity contribution in [1.82, 2.24) is 0 Å². The molecule has 0 amide bonds. The van der Waals surface area contributed by atoms with E-state index in [9.17, 15) is 9.90 Å². The van der Waals surface area contributed by atoms with Crippen molar-refractivity contribution >= 4 is 12.0 Å². The first-order valence-electron chi connectivity index (χ1n) is 4.42. The number of carboxylic acids is 1. The van der Waals surface area contributed by atoms with Gasteiger partial charge in [-0.1, -0.05) is 24.3 Å². The molecule has 0 aliphatic rings. The van der Waals surface area contributed by atoms with Crippen LogP contribution in [0, 0.1) is 0 Å². The molecule has 1 aromatic rings. The molecule has 0 saturated heterocycles. The lowest BCUT2D eigenvalue weighted by Crippen LogP contribution is -2.28. The molecule has 4 heteroatoms. The van der Waals surface area contributed by atoms with E-state index in [0.29, 0.717) is 5.75 Å². The molecule has 80 valence electrons. The number of carbonyl (C=O) groups excluding carboxylic acids is 1. The zero-order valence-corrected chi connectivity index (χ0v) is 8.05. The van der Waals surface area contributed by atoms with Crippen molar-refractivity contribution in [2.75, 3.05) is 13.2 Å². The SMILES string of the molecule is O=C([O-])COc1cccc(/C=C/CO)c1. The Morgan fingerprint density at radius 1 is 1.53 bits per heavy atom. The fourth-order valence-electron chi connectivity index (χ4n) is 1.04. The Bertz CT molecular complexity index is 357. The van der Waals surface area contributed by atoms with Gasteiger partial charge in [0.2, 0.25) is 0 Å². The van der Waals surface area contributed by atoms with Gasteiger partial charge in [-0.25, -0.2) is 0 Å². The average Bonchev–Trinajstić information content (AvgIpc) is 2.24. The molecule has 4 nitrogen and oxygen atoms in total. The zero-order chi connectivity index (χ0) is 11.1. The van der Waals surface area contributed by atoms with E-state index in [4.69, 9.17) is 9.84 Å². The Kier molecular flexibility index (Phi) is 4.37. The highest BCUT2D eigenvalue weighted by atomic mass is 16.5. The second kappa shape index (κ2) is 5.82. The summed E-state index contributed by atoms with van der Waals surface area (Å²) in [6.45, 7) is -0.503. The highest BCUT2D eigenvalue weighted by Crippen LogP contribution is 2.14. The fourth-order valence-corrected chi connectivity index (χ4v) is 1.04. The second-order valence-corrected chi connectivity index (χ2v) is 2.82. The lowest BCUT2D eigenvalue weighted by molar-refractivity contribution is -0.307. The van der Waals surface area contributed by atoms with E-state index in [0.717, 1.165) is 5.56 Å². The molecule has 0 bridgehead atoms. The van der Waals surface area contributed by atoms with Gasteiger partial charge >= 0.3 is 0 Å². The first-order chi connectivity index (χ1) is 7.22. The lowest BCUT2D eigenvalue weighted by Gasteiger charge is -2.06. The number of aliphatic carboxylic acids is 1. The van der Waals surface area contributed by atoms with Crippen LogP contribution >= 0.6 is 0 Å². The van der Waals surface area contributed by atoms with Gasteiger partial charge in [-0.2, -0.15) is 0 Å². The molecule has 0 atom stereocenters. The van der Waals surface area contributed by atoms with Crippen LogP contribution in [-0.4, -0.2) is 24.3 Å². The number of aliphatic hydroxyl groups is 1. The summed E-state index contributed by atoms with van der Waals surface area (Å²) in [6.07, 6.45) is 3.30. The predicted molar refractivity (Wildman–Crippen MR) is 53.1 cm³/mol. The zero-order valence-electron chi connectivity index (χ0n) is 8.05. The first-order valence-corrected chi connectivity index (χ1v) is 4.42. The lowest BCUT2D eigenvalue weighted by atomic mass is 10.2. The molecule has 0 fully saturated rings. The van der Waals surface area contributed by atoms with Crippen LogP contribution in [0.15, 0.2) is 30.3 Å². The maximum atomic E-state index is 10.1. The summed E-state index contributed by atoms with van der Waals surface area (Å²) in [6, 6.07) is 6.88. The summed E-state index contributed by atoms with van der Waals surface area (Å²) < 4.78 is 4.93. The van der Waals surface area contributed by atoms with Crippen LogP contribution in [-0.2, 0) is 4.79 Å². The number of hydrogen-bond acceptors (Lipinski definition) is 4. The molecule has 0 radical (unpaired) electrons. The molecule has 0 unspecified atom stereocenters. The molecule has 0 aliphatic heterocycles. The molecular formula is C11H11O4-. The van der Waals surface area contributed by atoms with E-state index in [2.05, 4.69) is 0 Å². The molecule has 0 saturated carbocycles. The smallest absolute Gasteiger partial charge is 0.128 e.